The Bertz CT molecular complexity index is 1230. The van der Waals surface area contributed by atoms with Gasteiger partial charge in [-0.3, -0.25) is 9.58 Å². The molecule has 3 aromatic rings. The molecule has 7 nitrogen and oxygen atoms in total. The van der Waals surface area contributed by atoms with E-state index in [9.17, 15) is 4.39 Å². The lowest BCUT2D eigenvalue weighted by atomic mass is 9.80. The molecule has 34 heavy (non-hydrogen) atoms. The molecule has 0 spiro atoms. The maximum Gasteiger partial charge on any atom is 0.229 e. The van der Waals surface area contributed by atoms with Crippen LogP contribution in [0.4, 0.5) is 26.2 Å². The third kappa shape index (κ3) is 4.24. The lowest BCUT2D eigenvalue weighted by Gasteiger charge is -2.43. The first-order chi connectivity index (χ1) is 16.1. The van der Waals surface area contributed by atoms with E-state index in [1.165, 1.54) is 6.07 Å². The van der Waals surface area contributed by atoms with Gasteiger partial charge in [-0.05, 0) is 44.9 Å². The monoisotopic (exact) mass is 467 g/mol. The molecule has 180 valence electrons. The third-order valence-electron chi connectivity index (χ3n) is 6.60. The quantitative estimate of drug-likeness (QED) is 0.605. The zero-order valence-corrected chi connectivity index (χ0v) is 20.4. The first kappa shape index (κ1) is 22.7. The minimum absolute atomic E-state index is 0.0462. The minimum atomic E-state index is -0.595. The zero-order valence-electron chi connectivity index (χ0n) is 20.4. The van der Waals surface area contributed by atoms with Gasteiger partial charge in [0.2, 0.25) is 5.95 Å². The highest BCUT2D eigenvalue weighted by atomic mass is 19.1. The van der Waals surface area contributed by atoms with E-state index in [0.717, 1.165) is 43.8 Å². The molecule has 0 unspecified atom stereocenters. The predicted molar refractivity (Wildman–Crippen MR) is 129 cm³/mol. The van der Waals surface area contributed by atoms with Crippen LogP contribution in [0.15, 0.2) is 24.4 Å². The number of nitrogens with zero attached hydrogens (tertiary/aromatic N) is 6. The van der Waals surface area contributed by atoms with Crippen LogP contribution in [0.3, 0.4) is 0 Å². The Morgan fingerprint density at radius 1 is 1.09 bits per heavy atom. The Balaban J connectivity index is 1.50. The van der Waals surface area contributed by atoms with Crippen molar-refractivity contribution in [3.63, 3.8) is 0 Å². The minimum Gasteiger partial charge on any atom is -0.368 e. The van der Waals surface area contributed by atoms with Gasteiger partial charge in [0.05, 0.1) is 18.4 Å². The Labute approximate surface area is 198 Å². The topological polar surface area (TPSA) is 62.1 Å². The Morgan fingerprint density at radius 3 is 2.65 bits per heavy atom. The van der Waals surface area contributed by atoms with E-state index in [0.29, 0.717) is 23.4 Å². The first-order valence-corrected chi connectivity index (χ1v) is 11.7. The molecule has 0 saturated carbocycles. The number of hydrogen-bond donors (Lipinski definition) is 1. The van der Waals surface area contributed by atoms with Gasteiger partial charge in [-0.15, -0.1) is 0 Å². The molecule has 0 fully saturated rings. The molecular formula is C25H31F2N7. The molecule has 2 aliphatic heterocycles. The van der Waals surface area contributed by atoms with Gasteiger partial charge < -0.3 is 10.2 Å². The Kier molecular flexibility index (Phi) is 5.55. The molecule has 0 amide bonds. The first-order valence-electron chi connectivity index (χ1n) is 11.7. The van der Waals surface area contributed by atoms with Gasteiger partial charge >= 0.3 is 0 Å². The van der Waals surface area contributed by atoms with Crippen molar-refractivity contribution in [2.24, 2.45) is 5.41 Å². The smallest absolute Gasteiger partial charge is 0.229 e. The van der Waals surface area contributed by atoms with Crippen molar-refractivity contribution in [3.05, 3.63) is 47.3 Å². The lowest BCUT2D eigenvalue weighted by Crippen LogP contribution is -2.44. The summed E-state index contributed by atoms with van der Waals surface area (Å²) in [5.74, 6) is -0.0971. The van der Waals surface area contributed by atoms with Crippen molar-refractivity contribution < 1.29 is 8.78 Å². The van der Waals surface area contributed by atoms with Crippen LogP contribution in [0.1, 0.15) is 39.0 Å². The number of hydrogen-bond acceptors (Lipinski definition) is 6. The van der Waals surface area contributed by atoms with Crippen molar-refractivity contribution in [1.82, 2.24) is 24.6 Å². The maximum atomic E-state index is 15.3. The van der Waals surface area contributed by atoms with Crippen LogP contribution in [0.25, 0.3) is 11.3 Å². The molecule has 1 aromatic carbocycles. The number of benzene rings is 1. The Morgan fingerprint density at radius 2 is 1.88 bits per heavy atom. The number of likely N-dealkylation sites (N-methyl/N-ethyl adjacent to an activating group) is 1. The highest BCUT2D eigenvalue weighted by molar-refractivity contribution is 5.71. The predicted octanol–water partition coefficient (Wildman–Crippen LogP) is 4.60. The molecule has 2 aromatic heterocycles. The third-order valence-corrected chi connectivity index (χ3v) is 6.60. The fourth-order valence-electron chi connectivity index (χ4n) is 4.93. The number of anilines is 3. The van der Waals surface area contributed by atoms with Crippen LogP contribution in [-0.4, -0.2) is 50.8 Å². The van der Waals surface area contributed by atoms with E-state index in [1.54, 1.807) is 0 Å². The van der Waals surface area contributed by atoms with Gasteiger partial charge in [0, 0.05) is 48.6 Å². The highest BCUT2D eigenvalue weighted by Crippen LogP contribution is 2.41. The maximum absolute atomic E-state index is 15.3. The molecule has 0 aliphatic carbocycles. The fraction of sp³-hybridized carbons (Fsp3) is 0.480. The van der Waals surface area contributed by atoms with E-state index in [2.05, 4.69) is 64.9 Å². The van der Waals surface area contributed by atoms with Crippen molar-refractivity contribution in [2.45, 2.75) is 53.2 Å². The van der Waals surface area contributed by atoms with Gasteiger partial charge in [-0.25, -0.2) is 18.7 Å². The number of halogens is 2. The molecule has 0 radical (unpaired) electrons. The lowest BCUT2D eigenvalue weighted by molar-refractivity contribution is 0.259. The molecule has 5 rings (SSSR count). The summed E-state index contributed by atoms with van der Waals surface area (Å²) in [4.78, 5) is 12.9. The summed E-state index contributed by atoms with van der Waals surface area (Å²) in [6.07, 6.45) is 1.76. The summed E-state index contributed by atoms with van der Waals surface area (Å²) >= 11 is 0. The van der Waals surface area contributed by atoms with Gasteiger partial charge in [-0.1, -0.05) is 13.8 Å². The van der Waals surface area contributed by atoms with Crippen LogP contribution >= 0.6 is 0 Å². The number of rotatable bonds is 4. The van der Waals surface area contributed by atoms with Crippen molar-refractivity contribution in [3.8, 4) is 11.3 Å². The van der Waals surface area contributed by atoms with Gasteiger partial charge in [0.1, 0.15) is 11.5 Å². The van der Waals surface area contributed by atoms with Crippen LogP contribution in [-0.2, 0) is 19.5 Å². The number of fused-ring (bicyclic) bond motifs is 2. The van der Waals surface area contributed by atoms with E-state index < -0.39 is 5.82 Å². The number of aromatic nitrogens is 4. The molecular weight excluding hydrogens is 436 g/mol. The molecule has 1 N–H and O–H groups in total. The second-order valence-corrected chi connectivity index (χ2v) is 10.5. The summed E-state index contributed by atoms with van der Waals surface area (Å²) < 4.78 is 32.1. The molecule has 4 heterocycles. The zero-order chi connectivity index (χ0) is 24.2. The molecule has 0 bridgehead atoms. The van der Waals surface area contributed by atoms with Gasteiger partial charge in [-0.2, -0.15) is 5.10 Å². The average molecular weight is 468 g/mol. The van der Waals surface area contributed by atoms with Crippen LogP contribution in [0.5, 0.6) is 0 Å². The van der Waals surface area contributed by atoms with Crippen molar-refractivity contribution >= 4 is 17.5 Å². The van der Waals surface area contributed by atoms with Gasteiger partial charge in [0.25, 0.3) is 0 Å². The largest absolute Gasteiger partial charge is 0.368 e. The van der Waals surface area contributed by atoms with Crippen LogP contribution < -0.4 is 10.2 Å². The van der Waals surface area contributed by atoms with E-state index in [1.807, 2.05) is 16.8 Å². The summed E-state index contributed by atoms with van der Waals surface area (Å²) in [6, 6.07) is 5.38. The molecule has 0 saturated heterocycles. The van der Waals surface area contributed by atoms with E-state index in [4.69, 9.17) is 0 Å². The summed E-state index contributed by atoms with van der Waals surface area (Å²) in [7, 11) is 2.07. The van der Waals surface area contributed by atoms with Crippen molar-refractivity contribution in [1.29, 1.82) is 0 Å². The number of nitrogens with one attached hydrogen (secondary N) is 1. The highest BCUT2D eigenvalue weighted by Gasteiger charge is 2.34. The summed E-state index contributed by atoms with van der Waals surface area (Å²) in [5, 5.41) is 7.64. The van der Waals surface area contributed by atoms with E-state index in [-0.39, 0.29) is 28.9 Å². The van der Waals surface area contributed by atoms with Crippen LogP contribution in [0, 0.1) is 17.0 Å². The molecule has 9 heteroatoms. The summed E-state index contributed by atoms with van der Waals surface area (Å²) in [6.45, 7) is 11.8. The average Bonchev–Trinajstić information content (AvgIpc) is 3.15. The Hall–Kier alpha value is -3.07. The van der Waals surface area contributed by atoms with Crippen LogP contribution in [0.2, 0.25) is 0 Å². The second kappa shape index (κ2) is 8.30. The molecule has 0 atom stereocenters. The van der Waals surface area contributed by atoms with Crippen molar-refractivity contribution in [2.75, 3.05) is 30.4 Å². The fourth-order valence-corrected chi connectivity index (χ4v) is 4.93. The second-order valence-electron chi connectivity index (χ2n) is 10.5. The van der Waals surface area contributed by atoms with Gasteiger partial charge in [0.15, 0.2) is 11.6 Å². The standard InChI is InChI=1S/C25H31F2N7/c1-15(2)33-14-25(3,4)11-18-19(26)8-16(9-21(18)33)23-20(27)12-28-24(30-23)29-22-10-17-13-32(5)6-7-34(17)31-22/h8-10,12,15H,6-7,11,13-14H2,1-5H3,(H,28,29,30,31). The molecule has 2 aliphatic rings. The summed E-state index contributed by atoms with van der Waals surface area (Å²) in [5.41, 5.74) is 2.99. The van der Waals surface area contributed by atoms with E-state index >= 15 is 4.39 Å². The normalized spacial score (nSPS) is 17.6. The SMILES string of the molecule is CC(C)N1CC(C)(C)Cc2c(F)cc(-c3nc(Nc4cc5n(n4)CCN(C)C5)ncc3F)cc21.